The highest BCUT2D eigenvalue weighted by atomic mass is 19.1. The largest absolute Gasteiger partial charge is 0.457 e. The summed E-state index contributed by atoms with van der Waals surface area (Å²) < 4.78 is 26.1. The molecule has 0 saturated carbocycles. The number of likely N-dealkylation sites (N-methyl/N-ethyl adjacent to an activating group) is 1. The summed E-state index contributed by atoms with van der Waals surface area (Å²) in [5, 5.41) is 18.8. The van der Waals surface area contributed by atoms with Gasteiger partial charge in [-0.2, -0.15) is 0 Å². The molecular weight excluding hydrogens is 497 g/mol. The number of carbonyl (C=O) groups excluding carboxylic acids is 1. The summed E-state index contributed by atoms with van der Waals surface area (Å²) in [6, 6.07) is 13.5. The Hall–Kier alpha value is -2.68. The zero-order valence-corrected chi connectivity index (χ0v) is 23.9. The number of carbonyl (C=O) groups is 1. The van der Waals surface area contributed by atoms with Crippen LogP contribution >= 0.6 is 0 Å². The summed E-state index contributed by atoms with van der Waals surface area (Å²) >= 11 is 0. The number of likely N-dealkylation sites (tertiary alicyclic amines) is 1. The number of nitrogens with zero attached hydrogens (tertiary/aromatic N) is 1. The number of unbranched alkanes of at least 4 members (excludes halogenated alkanes) is 1. The first-order valence-corrected chi connectivity index (χ1v) is 14.2. The summed E-state index contributed by atoms with van der Waals surface area (Å²) in [7, 11) is 3.54. The molecule has 1 aliphatic heterocycles. The average Bonchev–Trinajstić information content (AvgIpc) is 2.92. The van der Waals surface area contributed by atoms with Gasteiger partial charge >= 0.3 is 6.03 Å². The van der Waals surface area contributed by atoms with Crippen LogP contribution in [0.4, 0.5) is 9.18 Å². The highest BCUT2D eigenvalue weighted by Gasteiger charge is 2.43. The van der Waals surface area contributed by atoms with Crippen molar-refractivity contribution in [2.75, 3.05) is 40.4 Å². The lowest BCUT2D eigenvalue weighted by Crippen LogP contribution is -2.54. The van der Waals surface area contributed by atoms with Crippen LogP contribution in [0.15, 0.2) is 48.5 Å². The van der Waals surface area contributed by atoms with Crippen LogP contribution < -0.4 is 15.4 Å². The number of methoxy groups -OCH3 is 1. The number of benzene rings is 2. The van der Waals surface area contributed by atoms with E-state index in [0.29, 0.717) is 62.1 Å². The maximum absolute atomic E-state index is 14.7. The second-order valence-corrected chi connectivity index (χ2v) is 11.0. The van der Waals surface area contributed by atoms with Gasteiger partial charge in [0.15, 0.2) is 0 Å². The Balaban J connectivity index is 1.89. The number of hydrogen-bond donors (Lipinski definition) is 3. The summed E-state index contributed by atoms with van der Waals surface area (Å²) in [5.41, 5.74) is -0.967. The monoisotopic (exact) mass is 543 g/mol. The molecule has 0 bridgehead atoms. The first-order valence-electron chi connectivity index (χ1n) is 14.2. The number of ether oxygens (including phenoxy) is 2. The molecule has 1 heterocycles. The molecule has 1 aliphatic rings. The fraction of sp³-hybridized carbons (Fsp3) is 0.581. The lowest BCUT2D eigenvalue weighted by molar-refractivity contribution is -0.0577. The third-order valence-corrected chi connectivity index (χ3v) is 7.45. The van der Waals surface area contributed by atoms with E-state index in [9.17, 15) is 14.3 Å². The molecule has 3 N–H and O–H groups in total. The topological polar surface area (TPSA) is 83.1 Å². The zero-order valence-electron chi connectivity index (χ0n) is 23.9. The molecule has 216 valence electrons. The first kappa shape index (κ1) is 30.9. The Morgan fingerprint density at radius 1 is 1.21 bits per heavy atom. The molecule has 2 amide bonds. The van der Waals surface area contributed by atoms with Gasteiger partial charge in [-0.25, -0.2) is 9.18 Å². The van der Waals surface area contributed by atoms with Crippen molar-refractivity contribution in [1.82, 2.24) is 15.5 Å². The summed E-state index contributed by atoms with van der Waals surface area (Å²) in [4.78, 5) is 15.1. The van der Waals surface area contributed by atoms with E-state index in [1.807, 2.05) is 37.4 Å². The summed E-state index contributed by atoms with van der Waals surface area (Å²) in [6.45, 7) is 6.55. The zero-order chi connectivity index (χ0) is 28.3. The van der Waals surface area contributed by atoms with Gasteiger partial charge in [0.2, 0.25) is 0 Å². The van der Waals surface area contributed by atoms with Gasteiger partial charge in [-0.05, 0) is 81.8 Å². The first-order chi connectivity index (χ1) is 18.8. The SMILES string of the molecule is CNC[C@H](CC(C)C)NC(=O)N1CCC[C@@H]([C@@](O)(CCCCOC)c2cc(F)ccc2Oc2ccccc2)C1. The number of rotatable bonds is 14. The molecule has 0 spiro atoms. The van der Waals surface area contributed by atoms with Crippen LogP contribution in [0.2, 0.25) is 0 Å². The number of para-hydroxylation sites is 1. The van der Waals surface area contributed by atoms with E-state index in [1.165, 1.54) is 12.1 Å². The Labute approximate surface area is 233 Å². The second kappa shape index (κ2) is 15.2. The number of halogens is 1. The third kappa shape index (κ3) is 8.92. The number of urea groups is 1. The lowest BCUT2D eigenvalue weighted by atomic mass is 9.73. The van der Waals surface area contributed by atoms with E-state index in [4.69, 9.17) is 9.47 Å². The van der Waals surface area contributed by atoms with Crippen LogP contribution in [0, 0.1) is 17.7 Å². The predicted molar refractivity (Wildman–Crippen MR) is 153 cm³/mol. The van der Waals surface area contributed by atoms with Gasteiger partial charge < -0.3 is 30.1 Å². The third-order valence-electron chi connectivity index (χ3n) is 7.45. The molecule has 8 heteroatoms. The molecule has 1 saturated heterocycles. The molecule has 7 nitrogen and oxygen atoms in total. The number of nitrogens with one attached hydrogen (secondary N) is 2. The average molecular weight is 544 g/mol. The van der Waals surface area contributed by atoms with Crippen molar-refractivity contribution in [3.8, 4) is 11.5 Å². The Morgan fingerprint density at radius 2 is 1.97 bits per heavy atom. The van der Waals surface area contributed by atoms with Crippen molar-refractivity contribution in [2.45, 2.75) is 64.0 Å². The molecule has 2 aromatic rings. The molecular formula is C31H46FN3O4. The minimum absolute atomic E-state index is 0.0184. The van der Waals surface area contributed by atoms with Crippen LogP contribution in [-0.2, 0) is 10.3 Å². The van der Waals surface area contributed by atoms with Gasteiger partial charge in [0.1, 0.15) is 17.3 Å². The van der Waals surface area contributed by atoms with E-state index >= 15 is 0 Å². The molecule has 0 aliphatic carbocycles. The Bertz CT molecular complexity index is 1020. The number of amides is 2. The van der Waals surface area contributed by atoms with Gasteiger partial charge in [-0.3, -0.25) is 0 Å². The highest BCUT2D eigenvalue weighted by Crippen LogP contribution is 2.44. The number of aliphatic hydroxyl groups is 1. The van der Waals surface area contributed by atoms with E-state index in [2.05, 4.69) is 24.5 Å². The minimum Gasteiger partial charge on any atom is -0.457 e. The van der Waals surface area contributed by atoms with Gasteiger partial charge in [-0.1, -0.05) is 32.0 Å². The molecule has 0 radical (unpaired) electrons. The Kier molecular flexibility index (Phi) is 12.0. The van der Waals surface area contributed by atoms with Crippen molar-refractivity contribution >= 4 is 6.03 Å². The quantitative estimate of drug-likeness (QED) is 0.267. The van der Waals surface area contributed by atoms with E-state index in [1.54, 1.807) is 18.1 Å². The maximum atomic E-state index is 14.7. The fourth-order valence-electron chi connectivity index (χ4n) is 5.57. The molecule has 2 aromatic carbocycles. The standard InChI is InChI=1S/C31H46FN3O4/c1-23(2)19-26(21-33-3)34-30(36)35-17-10-11-24(22-35)31(37,16-8-9-18-38-4)28-20-25(32)14-15-29(28)39-27-12-6-5-7-13-27/h5-7,12-15,20,23-24,26,33,37H,8-11,16-19,21-22H2,1-4H3,(H,34,36)/t24-,26+,31+/m1/s1. The van der Waals surface area contributed by atoms with E-state index in [-0.39, 0.29) is 18.0 Å². The highest BCUT2D eigenvalue weighted by molar-refractivity contribution is 5.74. The minimum atomic E-state index is -1.39. The molecule has 3 atom stereocenters. The van der Waals surface area contributed by atoms with Crippen molar-refractivity contribution < 1.29 is 23.8 Å². The van der Waals surface area contributed by atoms with Crippen LogP contribution in [0.3, 0.4) is 0 Å². The van der Waals surface area contributed by atoms with Gasteiger partial charge in [0, 0.05) is 50.9 Å². The second-order valence-electron chi connectivity index (χ2n) is 11.0. The molecule has 0 unspecified atom stereocenters. The summed E-state index contributed by atoms with van der Waals surface area (Å²) in [5.74, 6) is 0.759. The van der Waals surface area contributed by atoms with E-state index < -0.39 is 11.4 Å². The fourth-order valence-corrected chi connectivity index (χ4v) is 5.57. The van der Waals surface area contributed by atoms with E-state index in [0.717, 1.165) is 25.7 Å². The van der Waals surface area contributed by atoms with Gasteiger partial charge in [0.05, 0.1) is 5.60 Å². The molecule has 39 heavy (non-hydrogen) atoms. The number of piperidine rings is 1. The maximum Gasteiger partial charge on any atom is 0.317 e. The van der Waals surface area contributed by atoms with Crippen LogP contribution in [-0.4, -0.2) is 62.5 Å². The van der Waals surface area contributed by atoms with Crippen molar-refractivity contribution in [3.63, 3.8) is 0 Å². The predicted octanol–water partition coefficient (Wildman–Crippen LogP) is 5.68. The molecule has 1 fully saturated rings. The van der Waals surface area contributed by atoms with Crippen molar-refractivity contribution in [1.29, 1.82) is 0 Å². The Morgan fingerprint density at radius 3 is 2.67 bits per heavy atom. The van der Waals surface area contributed by atoms with Crippen LogP contribution in [0.1, 0.15) is 57.9 Å². The smallest absolute Gasteiger partial charge is 0.317 e. The lowest BCUT2D eigenvalue weighted by Gasteiger charge is -2.43. The van der Waals surface area contributed by atoms with Crippen molar-refractivity contribution in [3.05, 3.63) is 59.9 Å². The summed E-state index contributed by atoms with van der Waals surface area (Å²) in [6.07, 6.45) is 4.20. The normalized spacial score (nSPS) is 18.0. The van der Waals surface area contributed by atoms with Crippen LogP contribution in [0.25, 0.3) is 0 Å². The van der Waals surface area contributed by atoms with Crippen LogP contribution in [0.5, 0.6) is 11.5 Å². The van der Waals surface area contributed by atoms with Gasteiger partial charge in [0.25, 0.3) is 0 Å². The number of hydrogen-bond acceptors (Lipinski definition) is 5. The molecule has 0 aromatic heterocycles. The molecule has 3 rings (SSSR count). The van der Waals surface area contributed by atoms with Crippen molar-refractivity contribution in [2.24, 2.45) is 11.8 Å². The van der Waals surface area contributed by atoms with Gasteiger partial charge in [-0.15, -0.1) is 0 Å².